The molecule has 1 atom stereocenters. The Bertz CT molecular complexity index is 1350. The van der Waals surface area contributed by atoms with Crippen LogP contribution in [0.4, 0.5) is 5.69 Å². The predicted molar refractivity (Wildman–Crippen MR) is 127 cm³/mol. The third-order valence-corrected chi connectivity index (χ3v) is 8.12. The number of benzene rings is 3. The molecule has 0 N–H and O–H groups in total. The van der Waals surface area contributed by atoms with Gasteiger partial charge in [-0.3, -0.25) is 14.9 Å². The largest absolute Gasteiger partial charge is 0.497 e. The van der Waals surface area contributed by atoms with E-state index in [0.717, 1.165) is 22.1 Å². The molecule has 0 aliphatic carbocycles. The van der Waals surface area contributed by atoms with Crippen molar-refractivity contribution in [2.24, 2.45) is 0 Å². The predicted octanol–water partition coefficient (Wildman–Crippen LogP) is 3.39. The van der Waals surface area contributed by atoms with Gasteiger partial charge in [-0.15, -0.1) is 0 Å². The number of methoxy groups -OCH3 is 1. The van der Waals surface area contributed by atoms with Gasteiger partial charge in [-0.2, -0.15) is 4.31 Å². The maximum atomic E-state index is 13.2. The summed E-state index contributed by atoms with van der Waals surface area (Å²) in [6.07, 6.45) is 0. The topological polar surface area (TPSA) is 110 Å². The Kier molecular flexibility index (Phi) is 6.54. The maximum absolute atomic E-state index is 13.2. The third-order valence-electron chi connectivity index (χ3n) is 6.17. The van der Waals surface area contributed by atoms with Crippen molar-refractivity contribution in [1.82, 2.24) is 9.21 Å². The molecule has 1 aliphatic heterocycles. The second kappa shape index (κ2) is 9.40. The lowest BCUT2D eigenvalue weighted by atomic mass is 9.96. The molecule has 0 aromatic heterocycles. The number of nitro benzene ring substituents is 1. The molecule has 0 spiro atoms. The van der Waals surface area contributed by atoms with Crippen molar-refractivity contribution in [2.45, 2.75) is 17.7 Å². The number of hydrogen-bond donors (Lipinski definition) is 0. The standard InChI is InChI=1S/C24H25N3O6S/c1-17(18-7-8-20-16-21(33-2)10-9-19(20)15-18)24(28)25-11-13-26(14-12-25)34(31,32)23-6-4-3-5-22(23)27(29)30/h3-10,15-17H,11-14H2,1-2H3. The second-order valence-electron chi connectivity index (χ2n) is 8.15. The number of para-hydroxylation sites is 1. The number of ether oxygens (including phenoxy) is 1. The molecule has 3 aromatic carbocycles. The lowest BCUT2D eigenvalue weighted by Crippen LogP contribution is -2.51. The van der Waals surface area contributed by atoms with E-state index in [9.17, 15) is 23.3 Å². The van der Waals surface area contributed by atoms with Gasteiger partial charge in [0.25, 0.3) is 5.69 Å². The smallest absolute Gasteiger partial charge is 0.289 e. The molecule has 0 bridgehead atoms. The van der Waals surface area contributed by atoms with E-state index in [4.69, 9.17) is 4.74 Å². The fourth-order valence-corrected chi connectivity index (χ4v) is 5.75. The first kappa shape index (κ1) is 23.7. The summed E-state index contributed by atoms with van der Waals surface area (Å²) in [6, 6.07) is 16.9. The van der Waals surface area contributed by atoms with Crippen LogP contribution in [0.25, 0.3) is 10.8 Å². The monoisotopic (exact) mass is 483 g/mol. The summed E-state index contributed by atoms with van der Waals surface area (Å²) in [5, 5.41) is 13.3. The summed E-state index contributed by atoms with van der Waals surface area (Å²) in [5.41, 5.74) is 0.418. The number of nitrogens with zero attached hydrogens (tertiary/aromatic N) is 3. The zero-order valence-electron chi connectivity index (χ0n) is 18.9. The summed E-state index contributed by atoms with van der Waals surface area (Å²) in [6.45, 7) is 2.42. The van der Waals surface area contributed by atoms with Gasteiger partial charge in [0.2, 0.25) is 15.9 Å². The van der Waals surface area contributed by atoms with E-state index in [1.54, 1.807) is 12.0 Å². The van der Waals surface area contributed by atoms with E-state index in [-0.39, 0.29) is 37.0 Å². The van der Waals surface area contributed by atoms with Crippen LogP contribution in [0.15, 0.2) is 65.6 Å². The Balaban J connectivity index is 1.46. The van der Waals surface area contributed by atoms with Crippen LogP contribution in [-0.4, -0.2) is 61.7 Å². The van der Waals surface area contributed by atoms with Gasteiger partial charge in [-0.05, 0) is 41.5 Å². The van der Waals surface area contributed by atoms with Crippen LogP contribution in [0.2, 0.25) is 0 Å². The minimum Gasteiger partial charge on any atom is -0.497 e. The van der Waals surface area contributed by atoms with Crippen molar-refractivity contribution in [3.63, 3.8) is 0 Å². The summed E-state index contributed by atoms with van der Waals surface area (Å²) in [5.74, 6) is 0.276. The number of fused-ring (bicyclic) bond motifs is 1. The first-order valence-electron chi connectivity index (χ1n) is 10.8. The second-order valence-corrected chi connectivity index (χ2v) is 10.1. The highest BCUT2D eigenvalue weighted by atomic mass is 32.2. The number of rotatable bonds is 6. The van der Waals surface area contributed by atoms with Gasteiger partial charge in [0.05, 0.1) is 18.0 Å². The van der Waals surface area contributed by atoms with E-state index in [1.165, 1.54) is 28.6 Å². The molecule has 3 aromatic rings. The Morgan fingerprint density at radius 3 is 2.32 bits per heavy atom. The van der Waals surface area contributed by atoms with Crippen molar-refractivity contribution >= 4 is 32.4 Å². The normalized spacial score (nSPS) is 15.8. The van der Waals surface area contributed by atoms with Crippen LogP contribution in [0, 0.1) is 10.1 Å². The average Bonchev–Trinajstić information content (AvgIpc) is 2.87. The highest BCUT2D eigenvalue weighted by molar-refractivity contribution is 7.89. The summed E-state index contributed by atoms with van der Waals surface area (Å²) >= 11 is 0. The van der Waals surface area contributed by atoms with E-state index < -0.39 is 26.6 Å². The van der Waals surface area contributed by atoms with Crippen LogP contribution in [0.3, 0.4) is 0 Å². The van der Waals surface area contributed by atoms with E-state index in [0.29, 0.717) is 0 Å². The molecule has 4 rings (SSSR count). The van der Waals surface area contributed by atoms with Crippen molar-refractivity contribution in [2.75, 3.05) is 33.3 Å². The molecule has 0 radical (unpaired) electrons. The highest BCUT2D eigenvalue weighted by Gasteiger charge is 2.35. The zero-order chi connectivity index (χ0) is 24.5. The summed E-state index contributed by atoms with van der Waals surface area (Å²) in [4.78, 5) is 25.0. The van der Waals surface area contributed by atoms with E-state index >= 15 is 0 Å². The number of amides is 1. The van der Waals surface area contributed by atoms with Gasteiger partial charge < -0.3 is 9.64 Å². The van der Waals surface area contributed by atoms with Gasteiger partial charge >= 0.3 is 0 Å². The molecule has 178 valence electrons. The minimum atomic E-state index is -4.05. The van der Waals surface area contributed by atoms with E-state index in [2.05, 4.69) is 0 Å². The number of nitro groups is 1. The lowest BCUT2D eigenvalue weighted by Gasteiger charge is -2.35. The Hall–Kier alpha value is -3.50. The number of sulfonamides is 1. The van der Waals surface area contributed by atoms with Crippen molar-refractivity contribution < 1.29 is 22.9 Å². The summed E-state index contributed by atoms with van der Waals surface area (Å²) < 4.78 is 32.5. The van der Waals surface area contributed by atoms with Crippen molar-refractivity contribution in [1.29, 1.82) is 0 Å². The molecule has 1 amide bonds. The third kappa shape index (κ3) is 4.46. The van der Waals surface area contributed by atoms with Crippen molar-refractivity contribution in [3.05, 3.63) is 76.3 Å². The van der Waals surface area contributed by atoms with Gasteiger partial charge in [0.15, 0.2) is 4.90 Å². The molecular formula is C24H25N3O6S. The van der Waals surface area contributed by atoms with Gasteiger partial charge in [-0.25, -0.2) is 8.42 Å². The van der Waals surface area contributed by atoms with Crippen LogP contribution < -0.4 is 4.74 Å². The molecular weight excluding hydrogens is 458 g/mol. The Morgan fingerprint density at radius 1 is 1.00 bits per heavy atom. The molecule has 1 aliphatic rings. The zero-order valence-corrected chi connectivity index (χ0v) is 19.7. The van der Waals surface area contributed by atoms with Gasteiger partial charge in [-0.1, -0.05) is 36.4 Å². The number of piperazine rings is 1. The molecule has 9 nitrogen and oxygen atoms in total. The van der Waals surface area contributed by atoms with Crippen LogP contribution in [0.5, 0.6) is 5.75 Å². The molecule has 0 saturated carbocycles. The van der Waals surface area contributed by atoms with E-state index in [1.807, 2.05) is 43.3 Å². The summed E-state index contributed by atoms with van der Waals surface area (Å²) in [7, 11) is -2.43. The molecule has 1 saturated heterocycles. The lowest BCUT2D eigenvalue weighted by molar-refractivity contribution is -0.387. The van der Waals surface area contributed by atoms with Gasteiger partial charge in [0.1, 0.15) is 5.75 Å². The first-order chi connectivity index (χ1) is 16.2. The number of carbonyl (C=O) groups is 1. The Labute approximate surface area is 197 Å². The van der Waals surface area contributed by atoms with Crippen LogP contribution >= 0.6 is 0 Å². The molecule has 10 heteroatoms. The molecule has 1 heterocycles. The van der Waals surface area contributed by atoms with Gasteiger partial charge in [0, 0.05) is 32.2 Å². The Morgan fingerprint density at radius 2 is 1.65 bits per heavy atom. The fourth-order valence-electron chi connectivity index (χ4n) is 4.17. The maximum Gasteiger partial charge on any atom is 0.289 e. The highest BCUT2D eigenvalue weighted by Crippen LogP contribution is 2.29. The van der Waals surface area contributed by atoms with Crippen LogP contribution in [-0.2, 0) is 14.8 Å². The number of hydrogen-bond acceptors (Lipinski definition) is 6. The quantitative estimate of drug-likeness (QED) is 0.393. The fraction of sp³-hybridized carbons (Fsp3) is 0.292. The first-order valence-corrected chi connectivity index (χ1v) is 12.3. The minimum absolute atomic E-state index is 0.0738. The average molecular weight is 484 g/mol. The SMILES string of the molecule is COc1ccc2cc(C(C)C(=O)N3CCN(S(=O)(=O)c4ccccc4[N+](=O)[O-])CC3)ccc2c1. The van der Waals surface area contributed by atoms with Crippen molar-refractivity contribution in [3.8, 4) is 5.75 Å². The number of carbonyl (C=O) groups excluding carboxylic acids is 1. The van der Waals surface area contributed by atoms with Crippen LogP contribution in [0.1, 0.15) is 18.4 Å². The molecule has 1 unspecified atom stereocenters. The molecule has 1 fully saturated rings. The molecule has 34 heavy (non-hydrogen) atoms.